The van der Waals surface area contributed by atoms with Crippen molar-refractivity contribution in [3.8, 4) is 0 Å². The second-order valence-electron chi connectivity index (χ2n) is 7.46. The molecule has 7 nitrogen and oxygen atoms in total. The molecule has 2 aromatic rings. The van der Waals surface area contributed by atoms with E-state index in [4.69, 9.17) is 23.2 Å². The highest BCUT2D eigenvalue weighted by atomic mass is 35.5. The van der Waals surface area contributed by atoms with Gasteiger partial charge >= 0.3 is 5.69 Å². The number of halogens is 2. The maximum Gasteiger partial charge on any atom is 0.345 e. The van der Waals surface area contributed by atoms with E-state index in [0.29, 0.717) is 29.4 Å². The molecule has 1 atom stereocenters. The summed E-state index contributed by atoms with van der Waals surface area (Å²) in [4.78, 5) is 12.4. The Balaban J connectivity index is 1.97. The van der Waals surface area contributed by atoms with Crippen LogP contribution in [0.5, 0.6) is 0 Å². The number of piperidine rings is 1. The highest BCUT2D eigenvalue weighted by Crippen LogP contribution is 2.34. The Hall–Kier alpha value is -1.35. The molecule has 0 aliphatic carbocycles. The molecule has 1 aliphatic rings. The Morgan fingerprint density at radius 3 is 2.54 bits per heavy atom. The summed E-state index contributed by atoms with van der Waals surface area (Å²) in [5, 5.41) is 4.92. The second-order valence-corrected chi connectivity index (χ2v) is 10.2. The minimum absolute atomic E-state index is 0.0546. The topological polar surface area (TPSA) is 77.2 Å². The molecular weight excluding hydrogens is 423 g/mol. The summed E-state index contributed by atoms with van der Waals surface area (Å²) in [6.07, 6.45) is 1.44. The van der Waals surface area contributed by atoms with Crippen LogP contribution in [0.3, 0.4) is 0 Å². The van der Waals surface area contributed by atoms with E-state index in [2.05, 4.69) is 5.10 Å². The Morgan fingerprint density at radius 1 is 1.21 bits per heavy atom. The summed E-state index contributed by atoms with van der Waals surface area (Å²) in [6.45, 7) is 6.23. The SMILES string of the molecule is Cc1cc(S(=O)(=O)N2CCCC(c3nn(C)c(=O)n3C(C)C)C2)c(Cl)cc1Cl. The fourth-order valence-electron chi connectivity index (χ4n) is 3.60. The number of aromatic nitrogens is 3. The third kappa shape index (κ3) is 3.75. The van der Waals surface area contributed by atoms with Gasteiger partial charge in [-0.3, -0.25) is 4.57 Å². The maximum absolute atomic E-state index is 13.2. The minimum Gasteiger partial charge on any atom is -0.276 e. The fraction of sp³-hybridized carbons (Fsp3) is 0.556. The van der Waals surface area contributed by atoms with E-state index in [1.165, 1.54) is 21.1 Å². The largest absolute Gasteiger partial charge is 0.345 e. The Labute approximate surface area is 174 Å². The summed E-state index contributed by atoms with van der Waals surface area (Å²) < 4.78 is 30.9. The molecule has 2 heterocycles. The molecule has 0 N–H and O–H groups in total. The third-order valence-electron chi connectivity index (χ3n) is 5.08. The number of aryl methyl sites for hydroxylation is 2. The van der Waals surface area contributed by atoms with Crippen LogP contribution in [0.15, 0.2) is 21.8 Å². The lowest BCUT2D eigenvalue weighted by Crippen LogP contribution is -2.40. The lowest BCUT2D eigenvalue weighted by molar-refractivity contribution is 0.301. The van der Waals surface area contributed by atoms with E-state index < -0.39 is 10.0 Å². The van der Waals surface area contributed by atoms with E-state index in [1.807, 2.05) is 13.8 Å². The van der Waals surface area contributed by atoms with E-state index in [1.54, 1.807) is 18.5 Å². The molecule has 28 heavy (non-hydrogen) atoms. The van der Waals surface area contributed by atoms with Crippen LogP contribution in [-0.4, -0.2) is 40.2 Å². The van der Waals surface area contributed by atoms with Crippen LogP contribution < -0.4 is 5.69 Å². The summed E-state index contributed by atoms with van der Waals surface area (Å²) in [5.74, 6) is 0.466. The smallest absolute Gasteiger partial charge is 0.276 e. The maximum atomic E-state index is 13.2. The zero-order valence-electron chi connectivity index (χ0n) is 16.3. The van der Waals surface area contributed by atoms with E-state index >= 15 is 0 Å². The minimum atomic E-state index is -3.79. The van der Waals surface area contributed by atoms with Gasteiger partial charge in [-0.15, -0.1) is 0 Å². The number of nitrogens with zero attached hydrogens (tertiary/aromatic N) is 4. The van der Waals surface area contributed by atoms with E-state index in [0.717, 1.165) is 6.42 Å². The Bertz CT molecular complexity index is 1060. The first-order chi connectivity index (χ1) is 13.0. The van der Waals surface area contributed by atoms with Gasteiger partial charge in [-0.1, -0.05) is 23.2 Å². The van der Waals surface area contributed by atoms with Gasteiger partial charge in [-0.05, 0) is 51.3 Å². The van der Waals surface area contributed by atoms with Crippen molar-refractivity contribution >= 4 is 33.2 Å². The highest BCUT2D eigenvalue weighted by Gasteiger charge is 2.35. The van der Waals surface area contributed by atoms with Crippen molar-refractivity contribution in [2.24, 2.45) is 7.05 Å². The van der Waals surface area contributed by atoms with Crippen molar-refractivity contribution < 1.29 is 8.42 Å². The lowest BCUT2D eigenvalue weighted by atomic mass is 9.98. The molecule has 154 valence electrons. The average Bonchev–Trinajstić information content (AvgIpc) is 2.93. The molecule has 1 unspecified atom stereocenters. The molecular formula is C18H24Cl2N4O3S. The van der Waals surface area contributed by atoms with Crippen LogP contribution in [0, 0.1) is 6.92 Å². The standard InChI is InChI=1S/C18H24Cl2N4O3S/c1-11(2)24-17(21-22(4)18(24)25)13-6-5-7-23(10-13)28(26,27)16-8-12(3)14(19)9-15(16)20/h8-9,11,13H,5-7,10H2,1-4H3. The zero-order chi connectivity index (χ0) is 20.8. The number of rotatable bonds is 4. The van der Waals surface area contributed by atoms with Crippen LogP contribution in [0.25, 0.3) is 0 Å². The molecule has 1 aliphatic heterocycles. The normalized spacial score (nSPS) is 18.8. The molecule has 0 saturated carbocycles. The van der Waals surface area contributed by atoms with Crippen molar-refractivity contribution in [1.29, 1.82) is 0 Å². The molecule has 0 spiro atoms. The van der Waals surface area contributed by atoms with Crippen LogP contribution in [0.4, 0.5) is 0 Å². The van der Waals surface area contributed by atoms with Gasteiger partial charge in [0.25, 0.3) is 0 Å². The van der Waals surface area contributed by atoms with E-state index in [-0.39, 0.29) is 34.1 Å². The fourth-order valence-corrected chi connectivity index (χ4v) is 5.93. The number of sulfonamides is 1. The van der Waals surface area contributed by atoms with Gasteiger partial charge < -0.3 is 0 Å². The number of benzene rings is 1. The first-order valence-corrected chi connectivity index (χ1v) is 11.3. The van der Waals surface area contributed by atoms with Crippen molar-refractivity contribution in [3.05, 3.63) is 44.1 Å². The average molecular weight is 447 g/mol. The van der Waals surface area contributed by atoms with Gasteiger partial charge in [0.15, 0.2) is 0 Å². The van der Waals surface area contributed by atoms with Gasteiger partial charge in [0, 0.05) is 37.1 Å². The van der Waals surface area contributed by atoms with Crippen LogP contribution in [0.1, 0.15) is 50.0 Å². The van der Waals surface area contributed by atoms with Gasteiger partial charge in [-0.2, -0.15) is 9.40 Å². The molecule has 10 heteroatoms. The lowest BCUT2D eigenvalue weighted by Gasteiger charge is -2.32. The quantitative estimate of drug-likeness (QED) is 0.721. The predicted molar refractivity (Wildman–Crippen MR) is 110 cm³/mol. The molecule has 1 saturated heterocycles. The van der Waals surface area contributed by atoms with Gasteiger partial charge in [0.05, 0.1) is 5.02 Å². The molecule has 0 bridgehead atoms. The summed E-state index contributed by atoms with van der Waals surface area (Å²) in [5.41, 5.74) is 0.456. The summed E-state index contributed by atoms with van der Waals surface area (Å²) in [7, 11) is -2.18. The molecule has 0 amide bonds. The summed E-state index contributed by atoms with van der Waals surface area (Å²) >= 11 is 12.3. The van der Waals surface area contributed by atoms with Crippen molar-refractivity contribution in [1.82, 2.24) is 18.7 Å². The van der Waals surface area contributed by atoms with Crippen molar-refractivity contribution in [3.63, 3.8) is 0 Å². The van der Waals surface area contributed by atoms with Gasteiger partial charge in [0.1, 0.15) is 10.7 Å². The number of hydrogen-bond donors (Lipinski definition) is 0. The zero-order valence-corrected chi connectivity index (χ0v) is 18.6. The van der Waals surface area contributed by atoms with Gasteiger partial charge in [-0.25, -0.2) is 17.9 Å². The first-order valence-electron chi connectivity index (χ1n) is 9.15. The Kier molecular flexibility index (Phi) is 5.96. The first kappa shape index (κ1) is 21.4. The van der Waals surface area contributed by atoms with Crippen molar-refractivity contribution in [2.45, 2.75) is 50.5 Å². The monoisotopic (exact) mass is 446 g/mol. The van der Waals surface area contributed by atoms with Crippen LogP contribution in [0.2, 0.25) is 10.0 Å². The second kappa shape index (κ2) is 7.82. The Morgan fingerprint density at radius 2 is 1.89 bits per heavy atom. The number of hydrogen-bond acceptors (Lipinski definition) is 4. The molecule has 3 rings (SSSR count). The third-order valence-corrected chi connectivity index (χ3v) is 7.82. The van der Waals surface area contributed by atoms with Crippen LogP contribution in [-0.2, 0) is 17.1 Å². The highest BCUT2D eigenvalue weighted by molar-refractivity contribution is 7.89. The molecule has 1 fully saturated rings. The van der Waals surface area contributed by atoms with E-state index in [9.17, 15) is 13.2 Å². The molecule has 1 aromatic heterocycles. The van der Waals surface area contributed by atoms with Crippen molar-refractivity contribution in [2.75, 3.05) is 13.1 Å². The molecule has 0 radical (unpaired) electrons. The predicted octanol–water partition coefficient (Wildman–Crippen LogP) is 3.35. The molecule has 1 aromatic carbocycles. The van der Waals surface area contributed by atoms with Crippen LogP contribution >= 0.6 is 23.2 Å². The van der Waals surface area contributed by atoms with Gasteiger partial charge in [0.2, 0.25) is 10.0 Å². The summed E-state index contributed by atoms with van der Waals surface area (Å²) in [6, 6.07) is 2.91.